The van der Waals surface area contributed by atoms with Gasteiger partial charge in [-0.2, -0.15) is 0 Å². The summed E-state index contributed by atoms with van der Waals surface area (Å²) in [6.07, 6.45) is 2.62. The smallest absolute Gasteiger partial charge is 0.277 e. The highest BCUT2D eigenvalue weighted by Gasteiger charge is 2.16. The summed E-state index contributed by atoms with van der Waals surface area (Å²) in [5.74, 6) is 0. The molecule has 1 heterocycles. The summed E-state index contributed by atoms with van der Waals surface area (Å²) < 4.78 is 1.47. The van der Waals surface area contributed by atoms with Crippen LogP contribution in [-0.4, -0.2) is 22.3 Å². The highest BCUT2D eigenvalue weighted by Crippen LogP contribution is 2.23. The average Bonchev–Trinajstić information content (AvgIpc) is 2.76. The molecule has 0 radical (unpaired) electrons. The van der Waals surface area contributed by atoms with E-state index < -0.39 is 0 Å². The van der Waals surface area contributed by atoms with Gasteiger partial charge in [0.1, 0.15) is 5.56 Å². The van der Waals surface area contributed by atoms with Crippen LogP contribution in [0.25, 0.3) is 11.3 Å². The number of H-pyrrole nitrogens is 1. The lowest BCUT2D eigenvalue weighted by Gasteiger charge is -2.05. The highest BCUT2D eigenvalue weighted by molar-refractivity contribution is 7.98. The molecule has 0 aliphatic rings. The van der Waals surface area contributed by atoms with Gasteiger partial charge in [-0.3, -0.25) is 14.7 Å². The van der Waals surface area contributed by atoms with Gasteiger partial charge in [0.25, 0.3) is 5.56 Å². The summed E-state index contributed by atoms with van der Waals surface area (Å²) in [6.45, 7) is 3.79. The van der Waals surface area contributed by atoms with Crippen molar-refractivity contribution in [2.75, 3.05) is 6.26 Å². The van der Waals surface area contributed by atoms with E-state index in [9.17, 15) is 9.59 Å². The van der Waals surface area contributed by atoms with Gasteiger partial charge in [0.2, 0.25) is 0 Å². The average molecular weight is 276 g/mol. The maximum absolute atomic E-state index is 12.1. The Balaban J connectivity index is 2.57. The zero-order chi connectivity index (χ0) is 14.0. The van der Waals surface area contributed by atoms with Crippen molar-refractivity contribution in [1.29, 1.82) is 0 Å². The molecular weight excluding hydrogens is 260 g/mol. The lowest BCUT2D eigenvalue weighted by atomic mass is 10.1. The minimum atomic E-state index is -0.269. The molecule has 0 saturated carbocycles. The maximum Gasteiger partial charge on any atom is 0.277 e. The Morgan fingerprint density at radius 1 is 1.26 bits per heavy atom. The van der Waals surface area contributed by atoms with Gasteiger partial charge in [-0.05, 0) is 32.2 Å². The number of aldehydes is 1. The van der Waals surface area contributed by atoms with Crippen LogP contribution in [0.5, 0.6) is 0 Å². The fourth-order valence-electron chi connectivity index (χ4n) is 1.92. The number of aromatic amines is 1. The molecule has 0 spiro atoms. The highest BCUT2D eigenvalue weighted by atomic mass is 32.2. The number of nitrogens with one attached hydrogen (secondary N) is 1. The molecular formula is C14H16N2O2S. The van der Waals surface area contributed by atoms with E-state index in [2.05, 4.69) is 5.10 Å². The summed E-state index contributed by atoms with van der Waals surface area (Å²) in [5.41, 5.74) is 1.34. The fraction of sp³-hybridized carbons (Fsp3) is 0.286. The number of carbonyl (C=O) groups is 1. The van der Waals surface area contributed by atoms with Crippen LogP contribution in [0.4, 0.5) is 0 Å². The van der Waals surface area contributed by atoms with Crippen molar-refractivity contribution in [2.24, 2.45) is 0 Å². The standard InChI is InChI=1S/C14H16N2O2S/c1-9(2)16-14(18)12(8-17)13(15-16)10-4-6-11(19-3)7-5-10/h4-9,15H,1-3H3. The Kier molecular flexibility index (Phi) is 3.95. The van der Waals surface area contributed by atoms with Crippen molar-refractivity contribution in [1.82, 2.24) is 9.78 Å². The predicted octanol–water partition coefficient (Wildman–Crippen LogP) is 2.96. The summed E-state index contributed by atoms with van der Waals surface area (Å²) in [7, 11) is 0. The molecule has 0 fully saturated rings. The van der Waals surface area contributed by atoms with Crippen molar-refractivity contribution in [3.8, 4) is 11.3 Å². The molecule has 0 atom stereocenters. The third-order valence-corrected chi connectivity index (χ3v) is 3.71. The van der Waals surface area contributed by atoms with E-state index in [4.69, 9.17) is 0 Å². The summed E-state index contributed by atoms with van der Waals surface area (Å²) in [4.78, 5) is 24.3. The Labute approximate surface area is 115 Å². The molecule has 0 bridgehead atoms. The molecule has 19 heavy (non-hydrogen) atoms. The Hall–Kier alpha value is -1.75. The van der Waals surface area contributed by atoms with Gasteiger partial charge in [-0.15, -0.1) is 11.8 Å². The van der Waals surface area contributed by atoms with E-state index >= 15 is 0 Å². The zero-order valence-corrected chi connectivity index (χ0v) is 12.0. The van der Waals surface area contributed by atoms with Crippen LogP contribution in [-0.2, 0) is 0 Å². The molecule has 1 N–H and O–H groups in total. The first kappa shape index (κ1) is 13.7. The first-order valence-electron chi connectivity index (χ1n) is 6.02. The predicted molar refractivity (Wildman–Crippen MR) is 78.0 cm³/mol. The van der Waals surface area contributed by atoms with Crippen LogP contribution in [0.15, 0.2) is 34.0 Å². The summed E-state index contributed by atoms with van der Waals surface area (Å²) in [6, 6.07) is 7.76. The summed E-state index contributed by atoms with van der Waals surface area (Å²) in [5, 5.41) is 3.02. The van der Waals surface area contributed by atoms with Crippen molar-refractivity contribution in [3.05, 3.63) is 40.2 Å². The molecule has 0 aliphatic heterocycles. The second-order valence-electron chi connectivity index (χ2n) is 4.52. The van der Waals surface area contributed by atoms with E-state index in [1.54, 1.807) is 11.8 Å². The second kappa shape index (κ2) is 5.48. The Morgan fingerprint density at radius 3 is 2.37 bits per heavy atom. The zero-order valence-electron chi connectivity index (χ0n) is 11.1. The first-order chi connectivity index (χ1) is 9.08. The van der Waals surface area contributed by atoms with Crippen LogP contribution < -0.4 is 5.56 Å². The topological polar surface area (TPSA) is 54.9 Å². The van der Waals surface area contributed by atoms with E-state index in [-0.39, 0.29) is 17.2 Å². The van der Waals surface area contributed by atoms with Gasteiger partial charge in [0, 0.05) is 16.5 Å². The van der Waals surface area contributed by atoms with E-state index in [0.29, 0.717) is 12.0 Å². The normalized spacial score (nSPS) is 10.9. The first-order valence-corrected chi connectivity index (χ1v) is 7.25. The largest absolute Gasteiger partial charge is 0.298 e. The minimum absolute atomic E-state index is 0.00887. The molecule has 1 aromatic carbocycles. The molecule has 2 aromatic rings. The number of thioether (sulfide) groups is 1. The quantitative estimate of drug-likeness (QED) is 0.690. The lowest BCUT2D eigenvalue weighted by Crippen LogP contribution is -2.20. The van der Waals surface area contributed by atoms with Crippen molar-refractivity contribution < 1.29 is 4.79 Å². The molecule has 0 aliphatic carbocycles. The van der Waals surface area contributed by atoms with Crippen LogP contribution in [0.3, 0.4) is 0 Å². The second-order valence-corrected chi connectivity index (χ2v) is 5.40. The number of aromatic nitrogens is 2. The number of benzene rings is 1. The molecule has 5 heteroatoms. The molecule has 0 saturated heterocycles. The molecule has 4 nitrogen and oxygen atoms in total. The summed E-state index contributed by atoms with van der Waals surface area (Å²) >= 11 is 1.65. The van der Waals surface area contributed by atoms with Crippen molar-refractivity contribution in [2.45, 2.75) is 24.8 Å². The Morgan fingerprint density at radius 2 is 1.89 bits per heavy atom. The third kappa shape index (κ3) is 2.51. The lowest BCUT2D eigenvalue weighted by molar-refractivity contribution is 0.112. The van der Waals surface area contributed by atoms with Crippen LogP contribution in [0.2, 0.25) is 0 Å². The van der Waals surface area contributed by atoms with E-state index in [1.165, 1.54) is 4.68 Å². The van der Waals surface area contributed by atoms with Crippen LogP contribution in [0.1, 0.15) is 30.2 Å². The Bertz CT molecular complexity index is 638. The van der Waals surface area contributed by atoms with Crippen molar-refractivity contribution in [3.63, 3.8) is 0 Å². The van der Waals surface area contributed by atoms with E-state index in [0.717, 1.165) is 10.5 Å². The number of carbonyl (C=O) groups excluding carboxylic acids is 1. The van der Waals surface area contributed by atoms with Gasteiger partial charge in [-0.1, -0.05) is 12.1 Å². The van der Waals surface area contributed by atoms with Crippen LogP contribution in [0, 0.1) is 0 Å². The molecule has 0 amide bonds. The molecule has 100 valence electrons. The molecule has 1 aromatic heterocycles. The van der Waals surface area contributed by atoms with Gasteiger partial charge < -0.3 is 0 Å². The van der Waals surface area contributed by atoms with Crippen molar-refractivity contribution >= 4 is 18.0 Å². The molecule has 2 rings (SSSR count). The monoisotopic (exact) mass is 276 g/mol. The van der Waals surface area contributed by atoms with Gasteiger partial charge in [0.15, 0.2) is 6.29 Å². The van der Waals surface area contributed by atoms with Gasteiger partial charge >= 0.3 is 0 Å². The maximum atomic E-state index is 12.1. The van der Waals surface area contributed by atoms with Crippen LogP contribution >= 0.6 is 11.8 Å². The number of rotatable bonds is 4. The number of hydrogen-bond acceptors (Lipinski definition) is 3. The fourth-order valence-corrected chi connectivity index (χ4v) is 2.33. The minimum Gasteiger partial charge on any atom is -0.298 e. The molecule has 0 unspecified atom stereocenters. The van der Waals surface area contributed by atoms with E-state index in [1.807, 2.05) is 44.4 Å². The number of hydrogen-bond donors (Lipinski definition) is 1. The SMILES string of the molecule is CSc1ccc(-c2[nH]n(C(C)C)c(=O)c2C=O)cc1. The number of nitrogens with zero attached hydrogens (tertiary/aromatic N) is 1. The van der Waals surface area contributed by atoms with Gasteiger partial charge in [-0.25, -0.2) is 4.68 Å². The third-order valence-electron chi connectivity index (χ3n) is 2.96. The van der Waals surface area contributed by atoms with Gasteiger partial charge in [0.05, 0.1) is 5.69 Å².